The van der Waals surface area contributed by atoms with Crippen LogP contribution in [0.5, 0.6) is 0 Å². The molecule has 0 saturated heterocycles. The largest absolute Gasteiger partial charge is 0.481 e. The van der Waals surface area contributed by atoms with Crippen molar-refractivity contribution >= 4 is 23.5 Å². The van der Waals surface area contributed by atoms with Gasteiger partial charge in [0, 0.05) is 25.3 Å². The van der Waals surface area contributed by atoms with Crippen molar-refractivity contribution in [2.24, 2.45) is 0 Å². The van der Waals surface area contributed by atoms with Crippen molar-refractivity contribution in [1.82, 2.24) is 5.32 Å². The fraction of sp³-hybridized carbons (Fsp3) is 0.778. The maximum atomic E-state index is 11.1. The summed E-state index contributed by atoms with van der Waals surface area (Å²) in [7, 11) is 0. The lowest BCUT2D eigenvalue weighted by atomic mass is 10.2. The third-order valence-corrected chi connectivity index (χ3v) is 1.94. The second kappa shape index (κ2) is 8.81. The number of rotatable bonds is 8. The van der Waals surface area contributed by atoms with Gasteiger partial charge in [-0.1, -0.05) is 0 Å². The van der Waals surface area contributed by atoms with Gasteiger partial charge in [-0.3, -0.25) is 9.59 Å². The predicted molar refractivity (Wildman–Crippen MR) is 54.5 cm³/mol. The normalized spacial score (nSPS) is 9.79. The van der Waals surface area contributed by atoms with Gasteiger partial charge < -0.3 is 10.4 Å². The number of nitrogens with one attached hydrogen (secondary N) is 1. The summed E-state index contributed by atoms with van der Waals surface area (Å²) in [6, 6.07) is 0. The van der Waals surface area contributed by atoms with Crippen LogP contribution in [0.15, 0.2) is 0 Å². The molecule has 4 nitrogen and oxygen atoms in total. The number of hydrogen-bond donors (Lipinski definition) is 2. The maximum Gasteiger partial charge on any atom is 0.303 e. The number of halogens is 1. The van der Waals surface area contributed by atoms with E-state index in [9.17, 15) is 9.59 Å². The highest BCUT2D eigenvalue weighted by atomic mass is 35.5. The Balaban J connectivity index is 3.22. The summed E-state index contributed by atoms with van der Waals surface area (Å²) in [6.45, 7) is 0.437. The SMILES string of the molecule is O=C(O)CCCNC(=O)CCCCCl. The van der Waals surface area contributed by atoms with Crippen molar-refractivity contribution < 1.29 is 14.7 Å². The Morgan fingerprint density at radius 3 is 2.43 bits per heavy atom. The maximum absolute atomic E-state index is 11.1. The quantitative estimate of drug-likeness (QED) is 0.481. The van der Waals surface area contributed by atoms with E-state index in [1.807, 2.05) is 0 Å². The van der Waals surface area contributed by atoms with Crippen LogP contribution < -0.4 is 5.32 Å². The number of carbonyl (C=O) groups is 2. The number of hydrogen-bond acceptors (Lipinski definition) is 2. The van der Waals surface area contributed by atoms with Crippen LogP contribution in [0.25, 0.3) is 0 Å². The number of amides is 1. The Bertz CT molecular complexity index is 185. The summed E-state index contributed by atoms with van der Waals surface area (Å²) < 4.78 is 0. The van der Waals surface area contributed by atoms with Crippen LogP contribution in [-0.2, 0) is 9.59 Å². The lowest BCUT2D eigenvalue weighted by molar-refractivity contribution is -0.137. The van der Waals surface area contributed by atoms with Crippen molar-refractivity contribution in [2.75, 3.05) is 12.4 Å². The average Bonchev–Trinajstić information content (AvgIpc) is 2.13. The Morgan fingerprint density at radius 2 is 1.86 bits per heavy atom. The molecule has 2 N–H and O–H groups in total. The third kappa shape index (κ3) is 9.32. The van der Waals surface area contributed by atoms with Crippen molar-refractivity contribution in [3.63, 3.8) is 0 Å². The Morgan fingerprint density at radius 1 is 1.14 bits per heavy atom. The molecule has 0 atom stereocenters. The van der Waals surface area contributed by atoms with E-state index in [0.29, 0.717) is 25.3 Å². The van der Waals surface area contributed by atoms with Gasteiger partial charge in [-0.05, 0) is 19.3 Å². The number of carboxylic acid groups (broad SMARTS) is 1. The molecular formula is C9H16ClNO3. The summed E-state index contributed by atoms with van der Waals surface area (Å²) in [4.78, 5) is 21.2. The molecule has 0 saturated carbocycles. The minimum atomic E-state index is -0.832. The van der Waals surface area contributed by atoms with Crippen molar-refractivity contribution in [2.45, 2.75) is 32.1 Å². The Labute approximate surface area is 88.6 Å². The van der Waals surface area contributed by atoms with Crippen LogP contribution in [-0.4, -0.2) is 29.4 Å². The third-order valence-electron chi connectivity index (χ3n) is 1.68. The minimum absolute atomic E-state index is 0.0273. The molecule has 0 unspecified atom stereocenters. The van der Waals surface area contributed by atoms with E-state index in [4.69, 9.17) is 16.7 Å². The zero-order valence-electron chi connectivity index (χ0n) is 8.09. The molecule has 1 amide bonds. The van der Waals surface area contributed by atoms with E-state index in [2.05, 4.69) is 5.32 Å². The van der Waals surface area contributed by atoms with Crippen LogP contribution in [0.3, 0.4) is 0 Å². The van der Waals surface area contributed by atoms with Gasteiger partial charge in [0.1, 0.15) is 0 Å². The van der Waals surface area contributed by atoms with Gasteiger partial charge in [-0.25, -0.2) is 0 Å². The summed E-state index contributed by atoms with van der Waals surface area (Å²) in [6.07, 6.45) is 2.68. The number of unbranched alkanes of at least 4 members (excludes halogenated alkanes) is 1. The number of carboxylic acids is 1. The fourth-order valence-corrected chi connectivity index (χ4v) is 1.12. The van der Waals surface area contributed by atoms with Crippen LogP contribution >= 0.6 is 11.6 Å². The molecule has 0 aromatic rings. The topological polar surface area (TPSA) is 66.4 Å². The Hall–Kier alpha value is -0.770. The first-order valence-corrected chi connectivity index (χ1v) is 5.24. The lowest BCUT2D eigenvalue weighted by Gasteiger charge is -2.02. The summed E-state index contributed by atoms with van der Waals surface area (Å²) in [5.74, 6) is -0.284. The molecule has 0 aromatic carbocycles. The van der Waals surface area contributed by atoms with Crippen LogP contribution in [0, 0.1) is 0 Å². The fourth-order valence-electron chi connectivity index (χ4n) is 0.936. The molecule has 0 fully saturated rings. The first-order chi connectivity index (χ1) is 6.66. The molecule has 5 heteroatoms. The first kappa shape index (κ1) is 13.2. The zero-order chi connectivity index (χ0) is 10.8. The molecule has 0 aliphatic rings. The number of carbonyl (C=O) groups excluding carboxylic acids is 1. The monoisotopic (exact) mass is 221 g/mol. The molecule has 0 radical (unpaired) electrons. The minimum Gasteiger partial charge on any atom is -0.481 e. The van der Waals surface area contributed by atoms with E-state index in [-0.39, 0.29) is 12.3 Å². The molecule has 0 heterocycles. The second-order valence-electron chi connectivity index (χ2n) is 2.99. The molecule has 0 aliphatic carbocycles. The highest BCUT2D eigenvalue weighted by molar-refractivity contribution is 6.17. The van der Waals surface area contributed by atoms with Gasteiger partial charge in [-0.15, -0.1) is 11.6 Å². The van der Waals surface area contributed by atoms with Gasteiger partial charge in [-0.2, -0.15) is 0 Å². The van der Waals surface area contributed by atoms with Crippen molar-refractivity contribution in [3.05, 3.63) is 0 Å². The van der Waals surface area contributed by atoms with Crippen LogP contribution in [0.4, 0.5) is 0 Å². The van der Waals surface area contributed by atoms with Gasteiger partial charge in [0.05, 0.1) is 0 Å². The van der Waals surface area contributed by atoms with Gasteiger partial charge in [0.2, 0.25) is 5.91 Å². The second-order valence-corrected chi connectivity index (χ2v) is 3.37. The van der Waals surface area contributed by atoms with E-state index in [0.717, 1.165) is 12.8 Å². The van der Waals surface area contributed by atoms with E-state index < -0.39 is 5.97 Å². The van der Waals surface area contributed by atoms with E-state index >= 15 is 0 Å². The standard InChI is InChI=1S/C9H16ClNO3/c10-6-2-1-4-8(12)11-7-3-5-9(13)14/h1-7H2,(H,11,12)(H,13,14). The number of aliphatic carboxylic acids is 1. The zero-order valence-corrected chi connectivity index (χ0v) is 8.85. The lowest BCUT2D eigenvalue weighted by Crippen LogP contribution is -2.24. The molecule has 0 bridgehead atoms. The molecular weight excluding hydrogens is 206 g/mol. The van der Waals surface area contributed by atoms with Crippen molar-refractivity contribution in [1.29, 1.82) is 0 Å². The van der Waals surface area contributed by atoms with Crippen LogP contribution in [0.2, 0.25) is 0 Å². The van der Waals surface area contributed by atoms with Gasteiger partial charge in [0.25, 0.3) is 0 Å². The van der Waals surface area contributed by atoms with Gasteiger partial charge in [0.15, 0.2) is 0 Å². The van der Waals surface area contributed by atoms with Gasteiger partial charge >= 0.3 is 5.97 Å². The van der Waals surface area contributed by atoms with E-state index in [1.165, 1.54) is 0 Å². The first-order valence-electron chi connectivity index (χ1n) is 4.71. The Kier molecular flexibility index (Phi) is 8.33. The summed E-state index contributed by atoms with van der Waals surface area (Å²) >= 11 is 5.45. The van der Waals surface area contributed by atoms with Crippen LogP contribution in [0.1, 0.15) is 32.1 Å². The molecule has 0 rings (SSSR count). The predicted octanol–water partition coefficient (Wildman–Crippen LogP) is 1.38. The molecule has 14 heavy (non-hydrogen) atoms. The summed E-state index contributed by atoms with van der Waals surface area (Å²) in [5.41, 5.74) is 0. The smallest absolute Gasteiger partial charge is 0.303 e. The highest BCUT2D eigenvalue weighted by Gasteiger charge is 2.01. The highest BCUT2D eigenvalue weighted by Crippen LogP contribution is 1.97. The molecule has 82 valence electrons. The summed E-state index contributed by atoms with van der Waals surface area (Å²) in [5, 5.41) is 11.0. The molecule has 0 aromatic heterocycles. The number of alkyl halides is 1. The average molecular weight is 222 g/mol. The van der Waals surface area contributed by atoms with Crippen molar-refractivity contribution in [3.8, 4) is 0 Å². The molecule has 0 aliphatic heterocycles. The molecule has 0 spiro atoms. The van der Waals surface area contributed by atoms with E-state index in [1.54, 1.807) is 0 Å².